The smallest absolute Gasteiger partial charge is 0.255 e. The molecular weight excluding hydrogens is 274 g/mol. The Labute approximate surface area is 129 Å². The maximum absolute atomic E-state index is 12.5. The van der Waals surface area contributed by atoms with Crippen LogP contribution in [0, 0.1) is 6.92 Å². The van der Waals surface area contributed by atoms with E-state index in [-0.39, 0.29) is 5.91 Å². The average Bonchev–Trinajstić information content (AvgIpc) is 2.94. The Morgan fingerprint density at radius 2 is 1.82 bits per heavy atom. The Bertz CT molecular complexity index is 820. The first-order valence-electron chi connectivity index (χ1n) is 7.10. The third kappa shape index (κ3) is 2.76. The normalized spacial score (nSPS) is 10.5. The van der Waals surface area contributed by atoms with Crippen molar-refractivity contribution in [1.29, 1.82) is 0 Å². The van der Waals surface area contributed by atoms with Crippen molar-refractivity contribution in [2.45, 2.75) is 6.92 Å². The fourth-order valence-corrected chi connectivity index (χ4v) is 2.42. The van der Waals surface area contributed by atoms with Gasteiger partial charge in [-0.15, -0.1) is 0 Å². The van der Waals surface area contributed by atoms with Gasteiger partial charge in [-0.05, 0) is 24.6 Å². The zero-order valence-corrected chi connectivity index (χ0v) is 12.6. The second-order valence-electron chi connectivity index (χ2n) is 5.22. The van der Waals surface area contributed by atoms with Crippen molar-refractivity contribution < 1.29 is 4.79 Å². The monoisotopic (exact) mass is 291 g/mol. The summed E-state index contributed by atoms with van der Waals surface area (Å²) in [6.07, 6.45) is 3.72. The van der Waals surface area contributed by atoms with E-state index in [9.17, 15) is 4.79 Å². The number of nitrogens with zero attached hydrogens (tertiary/aromatic N) is 2. The summed E-state index contributed by atoms with van der Waals surface area (Å²) < 4.78 is 1.75. The van der Waals surface area contributed by atoms with Gasteiger partial charge < -0.3 is 5.32 Å². The van der Waals surface area contributed by atoms with Gasteiger partial charge >= 0.3 is 0 Å². The lowest BCUT2D eigenvalue weighted by Crippen LogP contribution is -2.13. The minimum atomic E-state index is -0.102. The van der Waals surface area contributed by atoms with E-state index in [0.29, 0.717) is 5.56 Å². The molecule has 0 bridgehead atoms. The van der Waals surface area contributed by atoms with Crippen LogP contribution in [0.25, 0.3) is 11.1 Å². The van der Waals surface area contributed by atoms with Crippen LogP contribution >= 0.6 is 0 Å². The third-order valence-corrected chi connectivity index (χ3v) is 3.58. The number of para-hydroxylation sites is 1. The maximum Gasteiger partial charge on any atom is 0.255 e. The molecule has 0 unspecified atom stereocenters. The summed E-state index contributed by atoms with van der Waals surface area (Å²) in [6.45, 7) is 1.93. The number of nitrogens with one attached hydrogen (secondary N) is 1. The summed E-state index contributed by atoms with van der Waals surface area (Å²) in [5, 5.41) is 7.19. The zero-order valence-electron chi connectivity index (χ0n) is 12.6. The Balaban J connectivity index is 1.93. The van der Waals surface area contributed by atoms with E-state index in [2.05, 4.69) is 10.4 Å². The molecule has 1 heterocycles. The molecule has 4 heteroatoms. The molecule has 22 heavy (non-hydrogen) atoms. The van der Waals surface area contributed by atoms with Crippen LogP contribution in [0.2, 0.25) is 0 Å². The maximum atomic E-state index is 12.5. The zero-order chi connectivity index (χ0) is 15.5. The van der Waals surface area contributed by atoms with Crippen LogP contribution in [0.5, 0.6) is 0 Å². The number of rotatable bonds is 3. The second-order valence-corrected chi connectivity index (χ2v) is 5.22. The fourth-order valence-electron chi connectivity index (χ4n) is 2.42. The molecule has 1 aromatic heterocycles. The average molecular weight is 291 g/mol. The van der Waals surface area contributed by atoms with E-state index >= 15 is 0 Å². The van der Waals surface area contributed by atoms with Crippen LogP contribution in [-0.4, -0.2) is 15.7 Å². The molecule has 1 amide bonds. The molecule has 1 N–H and O–H groups in total. The van der Waals surface area contributed by atoms with E-state index < -0.39 is 0 Å². The van der Waals surface area contributed by atoms with Crippen LogP contribution in [0.3, 0.4) is 0 Å². The lowest BCUT2D eigenvalue weighted by atomic mass is 10.1. The summed E-state index contributed by atoms with van der Waals surface area (Å²) in [5.74, 6) is -0.102. The highest BCUT2D eigenvalue weighted by molar-refractivity contribution is 6.07. The minimum absolute atomic E-state index is 0.102. The lowest BCUT2D eigenvalue weighted by Gasteiger charge is -2.11. The van der Waals surface area contributed by atoms with Crippen molar-refractivity contribution in [3.05, 3.63) is 72.1 Å². The molecule has 0 aliphatic heterocycles. The molecule has 110 valence electrons. The molecule has 0 fully saturated rings. The van der Waals surface area contributed by atoms with Crippen molar-refractivity contribution in [1.82, 2.24) is 9.78 Å². The summed E-state index contributed by atoms with van der Waals surface area (Å²) in [5.41, 5.74) is 4.35. The Morgan fingerprint density at radius 3 is 2.55 bits per heavy atom. The van der Waals surface area contributed by atoms with Gasteiger partial charge in [-0.2, -0.15) is 5.10 Å². The second kappa shape index (κ2) is 5.85. The van der Waals surface area contributed by atoms with Gasteiger partial charge in [0.05, 0.1) is 6.20 Å². The van der Waals surface area contributed by atoms with Crippen LogP contribution in [0.1, 0.15) is 15.9 Å². The molecule has 0 saturated carbocycles. The molecule has 2 aromatic carbocycles. The van der Waals surface area contributed by atoms with Crippen molar-refractivity contribution >= 4 is 11.6 Å². The lowest BCUT2D eigenvalue weighted by molar-refractivity contribution is 0.102. The number of aryl methyl sites for hydroxylation is 2. The summed E-state index contributed by atoms with van der Waals surface area (Å²) >= 11 is 0. The highest BCUT2D eigenvalue weighted by Gasteiger charge is 2.12. The Morgan fingerprint density at radius 1 is 1.09 bits per heavy atom. The molecule has 0 atom stereocenters. The van der Waals surface area contributed by atoms with Gasteiger partial charge in [-0.1, -0.05) is 36.4 Å². The number of benzene rings is 2. The summed E-state index contributed by atoms with van der Waals surface area (Å²) in [4.78, 5) is 12.5. The van der Waals surface area contributed by atoms with Crippen LogP contribution in [-0.2, 0) is 7.05 Å². The first-order chi connectivity index (χ1) is 10.6. The Kier molecular flexibility index (Phi) is 3.74. The topological polar surface area (TPSA) is 46.9 Å². The largest absolute Gasteiger partial charge is 0.321 e. The van der Waals surface area contributed by atoms with Gasteiger partial charge in [0, 0.05) is 35.6 Å². The molecular formula is C18H17N3O. The van der Waals surface area contributed by atoms with Crippen molar-refractivity contribution in [2.24, 2.45) is 7.05 Å². The number of anilines is 1. The fraction of sp³-hybridized carbons (Fsp3) is 0.111. The first kappa shape index (κ1) is 14.1. The number of aromatic nitrogens is 2. The number of carbonyl (C=O) groups excluding carboxylic acids is 1. The number of amides is 1. The molecule has 3 rings (SSSR count). The molecule has 3 aromatic rings. The number of hydrogen-bond donors (Lipinski definition) is 1. The molecule has 0 saturated heterocycles. The minimum Gasteiger partial charge on any atom is -0.321 e. The Hall–Kier alpha value is -2.88. The predicted molar refractivity (Wildman–Crippen MR) is 87.8 cm³/mol. The van der Waals surface area contributed by atoms with Crippen molar-refractivity contribution in [3.63, 3.8) is 0 Å². The predicted octanol–water partition coefficient (Wildman–Crippen LogP) is 3.65. The van der Waals surface area contributed by atoms with Gasteiger partial charge in [0.2, 0.25) is 0 Å². The standard InChI is InChI=1S/C18H17N3O/c1-13-7-3-4-8-15(13)18(22)20-17-10-6-5-9-16(17)14-11-19-21(2)12-14/h3-12H,1-2H3,(H,20,22). The van der Waals surface area contributed by atoms with Crippen molar-refractivity contribution in [2.75, 3.05) is 5.32 Å². The van der Waals surface area contributed by atoms with Crippen LogP contribution in [0.15, 0.2) is 60.9 Å². The van der Waals surface area contributed by atoms with Gasteiger partial charge in [0.15, 0.2) is 0 Å². The van der Waals surface area contributed by atoms with E-state index in [1.807, 2.05) is 68.7 Å². The van der Waals surface area contributed by atoms with Crippen LogP contribution in [0.4, 0.5) is 5.69 Å². The highest BCUT2D eigenvalue weighted by atomic mass is 16.1. The highest BCUT2D eigenvalue weighted by Crippen LogP contribution is 2.27. The van der Waals surface area contributed by atoms with Gasteiger partial charge in [-0.25, -0.2) is 0 Å². The molecule has 0 radical (unpaired) electrons. The number of carbonyl (C=O) groups is 1. The summed E-state index contributed by atoms with van der Waals surface area (Å²) in [6, 6.07) is 15.3. The van der Waals surface area contributed by atoms with Crippen molar-refractivity contribution in [3.8, 4) is 11.1 Å². The molecule has 4 nitrogen and oxygen atoms in total. The molecule has 0 aliphatic carbocycles. The molecule has 0 spiro atoms. The van der Waals surface area contributed by atoms with Gasteiger partial charge in [-0.3, -0.25) is 9.48 Å². The molecule has 0 aliphatic rings. The summed E-state index contributed by atoms with van der Waals surface area (Å²) in [7, 11) is 1.87. The van der Waals surface area contributed by atoms with Gasteiger partial charge in [0.1, 0.15) is 0 Å². The third-order valence-electron chi connectivity index (χ3n) is 3.58. The van der Waals surface area contributed by atoms with Crippen LogP contribution < -0.4 is 5.32 Å². The quantitative estimate of drug-likeness (QED) is 0.800. The van der Waals surface area contributed by atoms with E-state index in [4.69, 9.17) is 0 Å². The van der Waals surface area contributed by atoms with E-state index in [0.717, 1.165) is 22.4 Å². The SMILES string of the molecule is Cc1ccccc1C(=O)Nc1ccccc1-c1cnn(C)c1. The van der Waals surface area contributed by atoms with E-state index in [1.165, 1.54) is 0 Å². The van der Waals surface area contributed by atoms with Gasteiger partial charge in [0.25, 0.3) is 5.91 Å². The first-order valence-corrected chi connectivity index (χ1v) is 7.10. The number of hydrogen-bond acceptors (Lipinski definition) is 2. The van der Waals surface area contributed by atoms with E-state index in [1.54, 1.807) is 10.9 Å².